The number of benzene rings is 1. The molecule has 2 N–H and O–H groups in total. The molecule has 0 saturated carbocycles. The summed E-state index contributed by atoms with van der Waals surface area (Å²) in [7, 11) is 0. The fraction of sp³-hybridized carbons (Fsp3) is 0.538. The summed E-state index contributed by atoms with van der Waals surface area (Å²) in [6, 6.07) is 1.68. The van der Waals surface area contributed by atoms with Gasteiger partial charge in [-0.15, -0.1) is 0 Å². The first-order valence-corrected chi connectivity index (χ1v) is 6.18. The number of nitrogens with two attached hydrogens (primary N) is 1. The third-order valence-corrected chi connectivity index (χ3v) is 3.54. The second-order valence-electron chi connectivity index (χ2n) is 4.68. The van der Waals surface area contributed by atoms with Crippen LogP contribution in [0.2, 0.25) is 0 Å². The molecule has 1 fully saturated rings. The predicted molar refractivity (Wildman–Crippen MR) is 63.5 cm³/mol. The highest BCUT2D eigenvalue weighted by molar-refractivity contribution is 5.24. The fourth-order valence-electron chi connectivity index (χ4n) is 2.66. The number of piperidine rings is 1. The largest absolute Gasteiger partial charge is 0.326 e. The number of rotatable bonds is 2. The first kappa shape index (κ1) is 13.4. The lowest BCUT2D eigenvalue weighted by molar-refractivity contribution is 0.135. The molecule has 100 valence electrons. The van der Waals surface area contributed by atoms with Crippen LogP contribution in [0.5, 0.6) is 0 Å². The molecule has 5 heteroatoms. The Labute approximate surface area is 105 Å². The zero-order chi connectivity index (χ0) is 13.3. The van der Waals surface area contributed by atoms with Crippen LogP contribution in [0.4, 0.5) is 13.2 Å². The zero-order valence-corrected chi connectivity index (χ0v) is 10.3. The van der Waals surface area contributed by atoms with Crippen molar-refractivity contribution >= 4 is 0 Å². The molecule has 2 nitrogen and oxygen atoms in total. The van der Waals surface area contributed by atoms with Crippen LogP contribution in [0.25, 0.3) is 0 Å². The van der Waals surface area contributed by atoms with Gasteiger partial charge in [-0.1, -0.05) is 6.92 Å². The third-order valence-electron chi connectivity index (χ3n) is 3.54. The highest BCUT2D eigenvalue weighted by Crippen LogP contribution is 2.31. The first-order valence-electron chi connectivity index (χ1n) is 6.18. The number of halogens is 3. The Hall–Kier alpha value is -1.07. The van der Waals surface area contributed by atoms with Gasteiger partial charge in [0.1, 0.15) is 0 Å². The second kappa shape index (κ2) is 5.28. The molecule has 18 heavy (non-hydrogen) atoms. The van der Waals surface area contributed by atoms with E-state index in [1.807, 2.05) is 6.92 Å². The molecule has 0 amide bonds. The van der Waals surface area contributed by atoms with Gasteiger partial charge < -0.3 is 5.73 Å². The van der Waals surface area contributed by atoms with Gasteiger partial charge in [0.05, 0.1) is 6.04 Å². The van der Waals surface area contributed by atoms with Gasteiger partial charge in [-0.05, 0) is 43.6 Å². The van der Waals surface area contributed by atoms with Crippen molar-refractivity contribution in [3.63, 3.8) is 0 Å². The molecule has 1 aromatic carbocycles. The van der Waals surface area contributed by atoms with Crippen molar-refractivity contribution in [2.45, 2.75) is 31.8 Å². The van der Waals surface area contributed by atoms with E-state index in [1.54, 1.807) is 0 Å². The van der Waals surface area contributed by atoms with E-state index in [1.165, 1.54) is 0 Å². The Morgan fingerprint density at radius 3 is 2.44 bits per heavy atom. The fourth-order valence-corrected chi connectivity index (χ4v) is 2.66. The Kier molecular flexibility index (Phi) is 3.92. The minimum Gasteiger partial charge on any atom is -0.326 e. The number of likely N-dealkylation sites (N-methyl/N-ethyl adjacent to an activating group) is 1. The zero-order valence-electron chi connectivity index (χ0n) is 10.3. The van der Waals surface area contributed by atoms with Crippen LogP contribution in [0, 0.1) is 17.5 Å². The maximum Gasteiger partial charge on any atom is 0.194 e. The van der Waals surface area contributed by atoms with Gasteiger partial charge in [-0.25, -0.2) is 13.2 Å². The number of nitrogens with zero attached hydrogens (tertiary/aromatic N) is 1. The van der Waals surface area contributed by atoms with E-state index in [-0.39, 0.29) is 12.1 Å². The molecule has 1 aromatic rings. The average molecular weight is 258 g/mol. The van der Waals surface area contributed by atoms with Crippen LogP contribution >= 0.6 is 0 Å². The topological polar surface area (TPSA) is 29.3 Å². The Morgan fingerprint density at radius 1 is 1.28 bits per heavy atom. The highest BCUT2D eigenvalue weighted by Gasteiger charge is 2.30. The number of hydrogen-bond acceptors (Lipinski definition) is 2. The average Bonchev–Trinajstić information content (AvgIpc) is 2.35. The third kappa shape index (κ3) is 2.37. The van der Waals surface area contributed by atoms with Gasteiger partial charge in [0.2, 0.25) is 0 Å². The molecule has 1 aliphatic heterocycles. The van der Waals surface area contributed by atoms with Crippen molar-refractivity contribution in [1.29, 1.82) is 0 Å². The molecule has 2 rings (SSSR count). The summed E-state index contributed by atoms with van der Waals surface area (Å²) < 4.78 is 39.5. The molecule has 0 bridgehead atoms. The quantitative estimate of drug-likeness (QED) is 0.826. The van der Waals surface area contributed by atoms with Gasteiger partial charge >= 0.3 is 0 Å². The SMILES string of the molecule is CCN1CCCC(N)C1c1cc(F)c(F)c(F)c1. The highest BCUT2D eigenvalue weighted by atomic mass is 19.2. The molecule has 2 atom stereocenters. The van der Waals surface area contributed by atoms with E-state index in [9.17, 15) is 13.2 Å². The molecule has 0 aliphatic carbocycles. The summed E-state index contributed by atoms with van der Waals surface area (Å²) in [5, 5.41) is 0. The van der Waals surface area contributed by atoms with Gasteiger partial charge in [0.25, 0.3) is 0 Å². The number of hydrogen-bond donors (Lipinski definition) is 1. The van der Waals surface area contributed by atoms with Gasteiger partial charge in [-0.3, -0.25) is 4.90 Å². The van der Waals surface area contributed by atoms with Crippen molar-refractivity contribution in [3.8, 4) is 0 Å². The number of likely N-dealkylation sites (tertiary alicyclic amines) is 1. The van der Waals surface area contributed by atoms with Crippen molar-refractivity contribution in [2.24, 2.45) is 5.73 Å². The van der Waals surface area contributed by atoms with Crippen LogP contribution in [0.1, 0.15) is 31.4 Å². The van der Waals surface area contributed by atoms with Crippen LogP contribution < -0.4 is 5.73 Å². The summed E-state index contributed by atoms with van der Waals surface area (Å²) in [5.41, 5.74) is 6.45. The smallest absolute Gasteiger partial charge is 0.194 e. The van der Waals surface area contributed by atoms with Crippen LogP contribution in [0.15, 0.2) is 12.1 Å². The lowest BCUT2D eigenvalue weighted by Gasteiger charge is -2.39. The molecule has 0 aromatic heterocycles. The molecule has 0 spiro atoms. The van der Waals surface area contributed by atoms with Gasteiger partial charge in [-0.2, -0.15) is 0 Å². The van der Waals surface area contributed by atoms with Crippen molar-refractivity contribution in [2.75, 3.05) is 13.1 Å². The van der Waals surface area contributed by atoms with E-state index in [0.717, 1.165) is 38.1 Å². The summed E-state index contributed by atoms with van der Waals surface area (Å²) in [5.74, 6) is -3.73. The maximum absolute atomic E-state index is 13.3. The van der Waals surface area contributed by atoms with E-state index >= 15 is 0 Å². The molecule has 1 aliphatic rings. The van der Waals surface area contributed by atoms with Gasteiger partial charge in [0, 0.05) is 6.04 Å². The molecular weight excluding hydrogens is 241 g/mol. The molecule has 1 saturated heterocycles. The second-order valence-corrected chi connectivity index (χ2v) is 4.68. The van der Waals surface area contributed by atoms with E-state index in [2.05, 4.69) is 4.90 Å². The summed E-state index contributed by atoms with van der Waals surface area (Å²) in [6.45, 7) is 3.57. The van der Waals surface area contributed by atoms with E-state index in [4.69, 9.17) is 5.73 Å². The summed E-state index contributed by atoms with van der Waals surface area (Å²) in [6.07, 6.45) is 1.78. The Morgan fingerprint density at radius 2 is 1.89 bits per heavy atom. The lowest BCUT2D eigenvalue weighted by Crippen LogP contribution is -2.45. The van der Waals surface area contributed by atoms with E-state index in [0.29, 0.717) is 5.56 Å². The Balaban J connectivity index is 2.38. The van der Waals surface area contributed by atoms with Gasteiger partial charge in [0.15, 0.2) is 17.5 Å². The standard InChI is InChI=1S/C13H17F3N2/c1-2-18-5-3-4-11(17)13(18)8-6-9(14)12(16)10(15)7-8/h6-7,11,13H,2-5,17H2,1H3. The van der Waals surface area contributed by atoms with E-state index < -0.39 is 17.5 Å². The van der Waals surface area contributed by atoms with Crippen molar-refractivity contribution in [3.05, 3.63) is 35.1 Å². The monoisotopic (exact) mass is 258 g/mol. The maximum atomic E-state index is 13.3. The Bertz CT molecular complexity index is 413. The minimum atomic E-state index is -1.42. The normalized spacial score (nSPS) is 25.4. The first-order chi connectivity index (χ1) is 8.54. The van der Waals surface area contributed by atoms with Crippen molar-refractivity contribution in [1.82, 2.24) is 4.90 Å². The minimum absolute atomic E-state index is 0.178. The molecule has 0 radical (unpaired) electrons. The predicted octanol–water partition coefficient (Wildman–Crippen LogP) is 2.59. The molecule has 1 heterocycles. The van der Waals surface area contributed by atoms with Crippen molar-refractivity contribution < 1.29 is 13.2 Å². The van der Waals surface area contributed by atoms with Crippen LogP contribution in [0.3, 0.4) is 0 Å². The van der Waals surface area contributed by atoms with Crippen LogP contribution in [-0.4, -0.2) is 24.0 Å². The molecular formula is C13H17F3N2. The molecule has 2 unspecified atom stereocenters. The summed E-state index contributed by atoms with van der Waals surface area (Å²) in [4.78, 5) is 2.07. The summed E-state index contributed by atoms with van der Waals surface area (Å²) >= 11 is 0. The van der Waals surface area contributed by atoms with Crippen LogP contribution in [-0.2, 0) is 0 Å². The lowest BCUT2D eigenvalue weighted by atomic mass is 9.91.